The molecule has 1 unspecified atom stereocenters. The second kappa shape index (κ2) is 8.58. The van der Waals surface area contributed by atoms with Crippen LogP contribution < -0.4 is 10.1 Å². The van der Waals surface area contributed by atoms with Gasteiger partial charge in [0.05, 0.1) is 0 Å². The van der Waals surface area contributed by atoms with Crippen LogP contribution in [0, 0.1) is 5.82 Å². The lowest BCUT2D eigenvalue weighted by atomic mass is 10.1. The van der Waals surface area contributed by atoms with Crippen molar-refractivity contribution >= 4 is 17.7 Å². The molecule has 0 spiro atoms. The van der Waals surface area contributed by atoms with Crippen molar-refractivity contribution in [3.05, 3.63) is 59.9 Å². The summed E-state index contributed by atoms with van der Waals surface area (Å²) in [4.78, 5) is 13.2. The summed E-state index contributed by atoms with van der Waals surface area (Å²) in [6, 6.07) is 13.9. The average molecular weight is 333 g/mol. The van der Waals surface area contributed by atoms with Gasteiger partial charge >= 0.3 is 0 Å². The molecule has 0 radical (unpaired) electrons. The van der Waals surface area contributed by atoms with Gasteiger partial charge in [-0.1, -0.05) is 12.1 Å². The molecule has 2 aromatic carbocycles. The van der Waals surface area contributed by atoms with Crippen LogP contribution in [0.15, 0.2) is 53.4 Å². The minimum Gasteiger partial charge on any atom is -0.481 e. The minimum absolute atomic E-state index is 0.166. The second-order valence-corrected chi connectivity index (χ2v) is 5.98. The second-order valence-electron chi connectivity index (χ2n) is 5.10. The van der Waals surface area contributed by atoms with Crippen LogP contribution in [0.25, 0.3) is 0 Å². The lowest BCUT2D eigenvalue weighted by molar-refractivity contribution is -0.127. The Morgan fingerprint density at radius 1 is 1.17 bits per heavy atom. The molecule has 23 heavy (non-hydrogen) atoms. The molecule has 2 rings (SSSR count). The van der Waals surface area contributed by atoms with E-state index in [2.05, 4.69) is 5.32 Å². The van der Waals surface area contributed by atoms with Gasteiger partial charge in [0, 0.05) is 11.4 Å². The first kappa shape index (κ1) is 17.3. The van der Waals surface area contributed by atoms with E-state index in [4.69, 9.17) is 4.74 Å². The number of hydrogen-bond acceptors (Lipinski definition) is 3. The Hall–Kier alpha value is -2.01. The maximum atomic E-state index is 12.8. The zero-order valence-corrected chi connectivity index (χ0v) is 14.0. The molecule has 1 amide bonds. The molecule has 0 aliphatic carbocycles. The number of ether oxygens (including phenoxy) is 1. The molecule has 1 N–H and O–H groups in total. The van der Waals surface area contributed by atoms with E-state index in [1.165, 1.54) is 12.1 Å². The fourth-order valence-corrected chi connectivity index (χ4v) is 2.45. The quantitative estimate of drug-likeness (QED) is 0.786. The van der Waals surface area contributed by atoms with Gasteiger partial charge in [-0.2, -0.15) is 0 Å². The summed E-state index contributed by atoms with van der Waals surface area (Å²) >= 11 is 1.65. The highest BCUT2D eigenvalue weighted by molar-refractivity contribution is 7.98. The van der Waals surface area contributed by atoms with Gasteiger partial charge in [-0.25, -0.2) is 4.39 Å². The lowest BCUT2D eigenvalue weighted by Crippen LogP contribution is -2.37. The van der Waals surface area contributed by atoms with Crippen molar-refractivity contribution in [1.82, 2.24) is 5.32 Å². The van der Waals surface area contributed by atoms with Crippen molar-refractivity contribution in [2.45, 2.75) is 24.3 Å². The van der Waals surface area contributed by atoms with Crippen molar-refractivity contribution in [3.8, 4) is 5.75 Å². The highest BCUT2D eigenvalue weighted by Crippen LogP contribution is 2.19. The van der Waals surface area contributed by atoms with Crippen molar-refractivity contribution < 1.29 is 13.9 Å². The molecule has 2 aromatic rings. The van der Waals surface area contributed by atoms with E-state index in [0.717, 1.165) is 10.5 Å². The van der Waals surface area contributed by atoms with Gasteiger partial charge in [0.1, 0.15) is 11.6 Å². The van der Waals surface area contributed by atoms with Crippen LogP contribution in [-0.2, 0) is 11.2 Å². The predicted molar refractivity (Wildman–Crippen MR) is 91.4 cm³/mol. The van der Waals surface area contributed by atoms with Crippen molar-refractivity contribution in [2.75, 3.05) is 12.8 Å². The maximum Gasteiger partial charge on any atom is 0.260 e. The van der Waals surface area contributed by atoms with Crippen LogP contribution in [-0.4, -0.2) is 24.8 Å². The monoisotopic (exact) mass is 333 g/mol. The molecule has 3 nitrogen and oxygen atoms in total. The summed E-state index contributed by atoms with van der Waals surface area (Å²) in [5, 5.41) is 2.83. The number of thioether (sulfide) groups is 1. The number of amides is 1. The zero-order valence-electron chi connectivity index (χ0n) is 13.2. The minimum atomic E-state index is -0.566. The van der Waals surface area contributed by atoms with Crippen molar-refractivity contribution in [2.24, 2.45) is 0 Å². The SMILES string of the molecule is CSc1ccc(OC(C)C(=O)NCCc2ccc(F)cc2)cc1. The number of nitrogens with one attached hydrogen (secondary N) is 1. The first-order chi connectivity index (χ1) is 11.1. The molecule has 122 valence electrons. The number of hydrogen-bond donors (Lipinski definition) is 1. The first-order valence-corrected chi connectivity index (χ1v) is 8.64. The molecule has 0 aliphatic rings. The number of benzene rings is 2. The van der Waals surface area contributed by atoms with Gasteiger partial charge < -0.3 is 10.1 Å². The molecule has 0 aliphatic heterocycles. The predicted octanol–water partition coefficient (Wildman–Crippen LogP) is 3.67. The van der Waals surface area contributed by atoms with Crippen LogP contribution in [0.3, 0.4) is 0 Å². The number of halogens is 1. The van der Waals surface area contributed by atoms with E-state index in [-0.39, 0.29) is 11.7 Å². The third kappa shape index (κ3) is 5.60. The summed E-state index contributed by atoms with van der Waals surface area (Å²) in [6.07, 6.45) is 2.09. The van der Waals surface area contributed by atoms with E-state index in [1.807, 2.05) is 30.5 Å². The third-order valence-corrected chi connectivity index (χ3v) is 4.11. The molecule has 0 saturated heterocycles. The van der Waals surface area contributed by atoms with Crippen LogP contribution in [0.5, 0.6) is 5.75 Å². The summed E-state index contributed by atoms with van der Waals surface area (Å²) in [6.45, 7) is 2.21. The van der Waals surface area contributed by atoms with Crippen LogP contribution in [0.4, 0.5) is 4.39 Å². The van der Waals surface area contributed by atoms with Crippen LogP contribution in [0.1, 0.15) is 12.5 Å². The van der Waals surface area contributed by atoms with Crippen LogP contribution >= 0.6 is 11.8 Å². The summed E-state index contributed by atoms with van der Waals surface area (Å²) in [5.74, 6) is 0.248. The smallest absolute Gasteiger partial charge is 0.260 e. The highest BCUT2D eigenvalue weighted by Gasteiger charge is 2.13. The van der Waals surface area contributed by atoms with Gasteiger partial charge in [-0.05, 0) is 61.6 Å². The average Bonchev–Trinajstić information content (AvgIpc) is 2.57. The Labute approximate surface area is 140 Å². The van der Waals surface area contributed by atoms with Gasteiger partial charge in [-0.3, -0.25) is 4.79 Å². The molecule has 0 bridgehead atoms. The standard InChI is InChI=1S/C18H20FNO2S/c1-13(22-16-7-9-17(23-2)10-8-16)18(21)20-12-11-14-3-5-15(19)6-4-14/h3-10,13H,11-12H2,1-2H3,(H,20,21). The third-order valence-electron chi connectivity index (χ3n) is 3.37. The van der Waals surface area contributed by atoms with E-state index in [1.54, 1.807) is 30.8 Å². The molecule has 0 saturated carbocycles. The van der Waals surface area contributed by atoms with Gasteiger partial charge in [0.15, 0.2) is 6.10 Å². The molecule has 0 heterocycles. The van der Waals surface area contributed by atoms with E-state index < -0.39 is 6.10 Å². The summed E-state index contributed by atoms with van der Waals surface area (Å²) < 4.78 is 18.4. The van der Waals surface area contributed by atoms with E-state index >= 15 is 0 Å². The van der Waals surface area contributed by atoms with Crippen molar-refractivity contribution in [1.29, 1.82) is 0 Å². The molecule has 0 fully saturated rings. The number of carbonyl (C=O) groups excluding carboxylic acids is 1. The maximum absolute atomic E-state index is 12.8. The fourth-order valence-electron chi connectivity index (χ4n) is 2.04. The number of carbonyl (C=O) groups is 1. The Bertz CT molecular complexity index is 628. The van der Waals surface area contributed by atoms with Crippen LogP contribution in [0.2, 0.25) is 0 Å². The molecular formula is C18H20FNO2S. The van der Waals surface area contributed by atoms with E-state index in [0.29, 0.717) is 18.7 Å². The fraction of sp³-hybridized carbons (Fsp3) is 0.278. The number of rotatable bonds is 7. The lowest BCUT2D eigenvalue weighted by Gasteiger charge is -2.15. The summed E-state index contributed by atoms with van der Waals surface area (Å²) in [7, 11) is 0. The van der Waals surface area contributed by atoms with Crippen molar-refractivity contribution in [3.63, 3.8) is 0 Å². The van der Waals surface area contributed by atoms with Gasteiger partial charge in [0.2, 0.25) is 0 Å². The molecule has 0 aromatic heterocycles. The highest BCUT2D eigenvalue weighted by atomic mass is 32.2. The Morgan fingerprint density at radius 2 is 1.83 bits per heavy atom. The molecule has 5 heteroatoms. The Balaban J connectivity index is 1.76. The Morgan fingerprint density at radius 3 is 2.43 bits per heavy atom. The normalized spacial score (nSPS) is 11.8. The summed E-state index contributed by atoms with van der Waals surface area (Å²) in [5.41, 5.74) is 0.980. The van der Waals surface area contributed by atoms with E-state index in [9.17, 15) is 9.18 Å². The Kier molecular flexibility index (Phi) is 6.47. The molecular weight excluding hydrogens is 313 g/mol. The molecule has 1 atom stereocenters. The largest absolute Gasteiger partial charge is 0.481 e. The topological polar surface area (TPSA) is 38.3 Å². The first-order valence-electron chi connectivity index (χ1n) is 7.41. The van der Waals surface area contributed by atoms with Gasteiger partial charge in [0.25, 0.3) is 5.91 Å². The zero-order chi connectivity index (χ0) is 16.7. The van der Waals surface area contributed by atoms with Gasteiger partial charge in [-0.15, -0.1) is 11.8 Å².